The lowest BCUT2D eigenvalue weighted by Crippen LogP contribution is -2.22. The Balaban J connectivity index is 0.995. The molecule has 324 valence electrons. The molecule has 6 aliphatic carbocycles. The van der Waals surface area contributed by atoms with Crippen LogP contribution in [0.3, 0.4) is 0 Å². The van der Waals surface area contributed by atoms with Gasteiger partial charge in [-0.3, -0.25) is 0 Å². The number of nitrogens with zero attached hydrogens (tertiary/aromatic N) is 2. The van der Waals surface area contributed by atoms with Crippen molar-refractivity contribution >= 4 is 77.6 Å². The van der Waals surface area contributed by atoms with Crippen LogP contribution in [0.15, 0.2) is 178 Å². The van der Waals surface area contributed by atoms with Gasteiger partial charge in [0.05, 0.1) is 0 Å². The zero-order valence-corrected chi connectivity index (χ0v) is 40.9. The molecule has 2 unspecified atom stereocenters. The van der Waals surface area contributed by atoms with Crippen LogP contribution in [-0.2, 0) is 0 Å². The van der Waals surface area contributed by atoms with E-state index in [4.69, 9.17) is 0 Å². The first-order valence-corrected chi connectivity index (χ1v) is 25.5. The molecule has 0 aliphatic heterocycles. The topological polar surface area (TPSA) is 6.48 Å². The van der Waals surface area contributed by atoms with Gasteiger partial charge >= 0.3 is 0 Å². The van der Waals surface area contributed by atoms with Gasteiger partial charge in [0.1, 0.15) is 0 Å². The summed E-state index contributed by atoms with van der Waals surface area (Å²) in [5.74, 6) is 2.87. The van der Waals surface area contributed by atoms with Crippen LogP contribution in [0.4, 0.5) is 34.1 Å². The zero-order valence-electron chi connectivity index (χ0n) is 37.7. The summed E-state index contributed by atoms with van der Waals surface area (Å²) in [6.07, 6.45) is 12.6. The largest absolute Gasteiger partial charge is 0.310 e. The van der Waals surface area contributed by atoms with Gasteiger partial charge in [-0.25, -0.2) is 0 Å². The van der Waals surface area contributed by atoms with Gasteiger partial charge in [-0.1, -0.05) is 130 Å². The number of hydrogen-bond acceptors (Lipinski definition) is 2. The highest BCUT2D eigenvalue weighted by Crippen LogP contribution is 2.50. The monoisotopic (exact) mass is 974 g/mol. The van der Waals surface area contributed by atoms with Crippen LogP contribution in [0.25, 0.3) is 33.9 Å². The molecule has 2 atom stereocenters. The molecular weight excluding hydrogens is 920 g/mol. The average Bonchev–Trinajstić information content (AvgIpc) is 3.29. The van der Waals surface area contributed by atoms with Crippen molar-refractivity contribution in [3.05, 3.63) is 200 Å². The number of halogens is 2. The summed E-state index contributed by atoms with van der Waals surface area (Å²) in [6, 6.07) is 59.2. The van der Waals surface area contributed by atoms with Crippen LogP contribution in [0.1, 0.15) is 106 Å². The summed E-state index contributed by atoms with van der Waals surface area (Å²) >= 11 is 7.44. The van der Waals surface area contributed by atoms with Crippen molar-refractivity contribution in [2.45, 2.75) is 84.0 Å². The second-order valence-corrected chi connectivity index (χ2v) is 21.0. The summed E-state index contributed by atoms with van der Waals surface area (Å²) in [5.41, 5.74) is 22.4. The van der Waals surface area contributed by atoms with E-state index in [-0.39, 0.29) is 0 Å². The van der Waals surface area contributed by atoms with Gasteiger partial charge in [-0.05, 0) is 223 Å². The lowest BCUT2D eigenvalue weighted by molar-refractivity contribution is 0.349. The Morgan fingerprint density at radius 1 is 0.462 bits per heavy atom. The Morgan fingerprint density at radius 3 is 1.48 bits per heavy atom. The predicted octanol–water partition coefficient (Wildman–Crippen LogP) is 19.3. The van der Waals surface area contributed by atoms with Crippen molar-refractivity contribution < 1.29 is 0 Å². The maximum atomic E-state index is 3.72. The molecule has 0 radical (unpaired) electrons. The molecule has 65 heavy (non-hydrogen) atoms. The smallest absolute Gasteiger partial charge is 0.0482 e. The van der Waals surface area contributed by atoms with E-state index in [1.54, 1.807) is 11.1 Å². The van der Waals surface area contributed by atoms with Crippen molar-refractivity contribution in [3.8, 4) is 22.3 Å². The normalized spacial score (nSPS) is 19.6. The summed E-state index contributed by atoms with van der Waals surface area (Å²) in [5, 5.41) is 0. The van der Waals surface area contributed by atoms with Crippen molar-refractivity contribution in [3.63, 3.8) is 0 Å². The Labute approximate surface area is 403 Å². The summed E-state index contributed by atoms with van der Waals surface area (Å²) in [4.78, 5) is 4.81. The van der Waals surface area contributed by atoms with E-state index in [0.717, 1.165) is 54.9 Å². The number of rotatable bonds is 10. The Hall–Kier alpha value is -5.42. The van der Waals surface area contributed by atoms with Gasteiger partial charge in [0, 0.05) is 43.1 Å². The lowest BCUT2D eigenvalue weighted by atomic mass is 9.67. The molecule has 13 rings (SSSR count). The number of hydrogen-bond donors (Lipinski definition) is 0. The van der Waals surface area contributed by atoms with Crippen LogP contribution in [0, 0.1) is 11.8 Å². The molecule has 0 spiro atoms. The average molecular weight is 977 g/mol. The van der Waals surface area contributed by atoms with Crippen LogP contribution in [0.2, 0.25) is 0 Å². The molecule has 2 saturated carbocycles. The van der Waals surface area contributed by atoms with Crippen molar-refractivity contribution in [1.82, 2.24) is 0 Å². The van der Waals surface area contributed by atoms with Gasteiger partial charge in [-0.15, -0.1) is 0 Å². The van der Waals surface area contributed by atoms with Gasteiger partial charge in [0.15, 0.2) is 0 Å². The third kappa shape index (κ3) is 8.27. The number of benzene rings is 7. The Morgan fingerprint density at radius 2 is 0.923 bits per heavy atom. The molecule has 0 N–H and O–H groups in total. The number of anilines is 6. The fraction of sp³-hybridized carbons (Fsp3) is 0.246. The van der Waals surface area contributed by atoms with Gasteiger partial charge in [-0.2, -0.15) is 0 Å². The molecule has 7 aromatic carbocycles. The van der Waals surface area contributed by atoms with Gasteiger partial charge in [0.25, 0.3) is 0 Å². The molecule has 4 heteroatoms. The highest BCUT2D eigenvalue weighted by molar-refractivity contribution is 9.10. The minimum Gasteiger partial charge on any atom is -0.310 e. The van der Waals surface area contributed by atoms with Crippen molar-refractivity contribution in [1.29, 1.82) is 0 Å². The van der Waals surface area contributed by atoms with Gasteiger partial charge in [0.2, 0.25) is 0 Å². The zero-order chi connectivity index (χ0) is 44.2. The van der Waals surface area contributed by atoms with E-state index in [0.29, 0.717) is 11.8 Å². The van der Waals surface area contributed by atoms with Crippen LogP contribution in [0.5, 0.6) is 0 Å². The van der Waals surface area contributed by atoms with E-state index in [9.17, 15) is 0 Å². The van der Waals surface area contributed by atoms with Crippen molar-refractivity contribution in [2.75, 3.05) is 9.80 Å². The van der Waals surface area contributed by atoms with Crippen LogP contribution in [-0.4, -0.2) is 0 Å². The van der Waals surface area contributed by atoms with Gasteiger partial charge < -0.3 is 9.80 Å². The maximum Gasteiger partial charge on any atom is 0.0482 e. The fourth-order valence-electron chi connectivity index (χ4n) is 11.5. The molecule has 0 amide bonds. The van der Waals surface area contributed by atoms with E-state index in [1.165, 1.54) is 101 Å². The molecular formula is C61H56Br2N2. The molecule has 6 aliphatic rings. The lowest BCUT2D eigenvalue weighted by Gasteiger charge is -2.38. The van der Waals surface area contributed by atoms with E-state index >= 15 is 0 Å². The minimum atomic E-state index is 0.593. The summed E-state index contributed by atoms with van der Waals surface area (Å²) in [7, 11) is 0. The third-order valence-corrected chi connectivity index (χ3v) is 16.2. The predicted molar refractivity (Wildman–Crippen MR) is 283 cm³/mol. The Kier molecular flexibility index (Phi) is 11.5. The van der Waals surface area contributed by atoms with Crippen LogP contribution >= 0.6 is 31.9 Å². The summed E-state index contributed by atoms with van der Waals surface area (Å²) in [6.45, 7) is 7.10. The van der Waals surface area contributed by atoms with Crippen LogP contribution < -0.4 is 9.80 Å². The highest BCUT2D eigenvalue weighted by Gasteiger charge is 2.33. The second kappa shape index (κ2) is 17.8. The van der Waals surface area contributed by atoms with E-state index in [2.05, 4.69) is 226 Å². The Bertz CT molecular complexity index is 2960. The molecule has 2 nitrogen and oxygen atoms in total. The standard InChI is InChI=1S/C61H56Br2N2/c1-4-43-29-40-27-41(28-40)31-49-16-15-47(36-60(43)49)45-9-6-11-55(34-45)64(53-22-18-51(62)19-23-53)57-13-8-14-58(38-57)65(54-24-20-52(63)21-25-54)56-12-7-10-46(35-56)48-17-26-59-39(3)50-32-42(33-50)30-44(5-2)61(59)37-48/h6-26,31,34-38,40,42-44H,4-5,27-30,32-33H2,1-3H3. The van der Waals surface area contributed by atoms with E-state index < -0.39 is 0 Å². The molecule has 7 aromatic rings. The molecule has 0 heterocycles. The maximum absolute atomic E-state index is 3.72. The molecule has 4 bridgehead atoms. The quantitative estimate of drug-likeness (QED) is 0.135. The molecule has 2 fully saturated rings. The first kappa shape index (κ1) is 42.2. The highest BCUT2D eigenvalue weighted by atomic mass is 79.9. The second-order valence-electron chi connectivity index (χ2n) is 19.2. The molecule has 0 aromatic heterocycles. The third-order valence-electron chi connectivity index (χ3n) is 15.1. The first-order valence-electron chi connectivity index (χ1n) is 23.9. The molecule has 0 saturated heterocycles. The number of allylic oxidation sites excluding steroid dienone is 3. The minimum absolute atomic E-state index is 0.593. The van der Waals surface area contributed by atoms with E-state index in [1.807, 2.05) is 0 Å². The van der Waals surface area contributed by atoms with Crippen molar-refractivity contribution in [2.24, 2.45) is 11.8 Å². The summed E-state index contributed by atoms with van der Waals surface area (Å²) < 4.78 is 2.12. The number of fused-ring (bicyclic) bond motifs is 2. The SMILES string of the molecule is CCC1CC2CC(=Cc3ccc(-c4cccc(N(c5ccc(Br)cc5)c5cccc(N(c6ccc(Br)cc6)c6cccc(-c7ccc8c(c7)C(CC)CC7CC(=C8C)C7)c6)c5)c4)cc31)C2. The fourth-order valence-corrected chi connectivity index (χ4v) is 12.0. The first-order chi connectivity index (χ1) is 31.8.